The number of rotatable bonds is 10. The lowest BCUT2D eigenvalue weighted by Crippen LogP contribution is -2.38. The maximum absolute atomic E-state index is 10.8. The largest absolute Gasteiger partial charge is 0.480 e. The van der Waals surface area contributed by atoms with E-state index in [4.69, 9.17) is 21.1 Å². The van der Waals surface area contributed by atoms with E-state index in [0.29, 0.717) is 25.7 Å². The van der Waals surface area contributed by atoms with Gasteiger partial charge in [-0.2, -0.15) is 0 Å². The van der Waals surface area contributed by atoms with Gasteiger partial charge in [-0.25, -0.2) is 0 Å². The van der Waals surface area contributed by atoms with Crippen LogP contribution in [-0.4, -0.2) is 52.5 Å². The fourth-order valence-corrected chi connectivity index (χ4v) is 1.39. The van der Waals surface area contributed by atoms with E-state index in [1.807, 2.05) is 0 Å². The van der Waals surface area contributed by atoms with Crippen molar-refractivity contribution in [3.05, 3.63) is 0 Å². The molecule has 0 aliphatic carbocycles. The minimum Gasteiger partial charge on any atom is -0.480 e. The smallest absolute Gasteiger partial charge is 0.320 e. The van der Waals surface area contributed by atoms with Crippen LogP contribution in [0.1, 0.15) is 25.7 Å². The Morgan fingerprint density at radius 3 is 2.18 bits per heavy atom. The van der Waals surface area contributed by atoms with Gasteiger partial charge in [-0.3, -0.25) is 9.59 Å². The Morgan fingerprint density at radius 1 is 1.12 bits per heavy atom. The molecular weight excluding hydrogens is 228 g/mol. The van der Waals surface area contributed by atoms with Crippen molar-refractivity contribution in [2.24, 2.45) is 5.73 Å². The molecule has 0 rings (SSSR count). The van der Waals surface area contributed by atoms with Gasteiger partial charge in [0.2, 0.25) is 0 Å². The van der Waals surface area contributed by atoms with E-state index < -0.39 is 24.0 Å². The van der Waals surface area contributed by atoms with E-state index in [-0.39, 0.29) is 13.2 Å². The highest BCUT2D eigenvalue weighted by atomic mass is 16.4. The van der Waals surface area contributed by atoms with Crippen LogP contribution in [0.3, 0.4) is 0 Å². The topological polar surface area (TPSA) is 133 Å². The Balaban J connectivity index is 3.75. The first kappa shape index (κ1) is 15.8. The number of carboxylic acids is 2. The molecule has 0 aromatic carbocycles. The van der Waals surface area contributed by atoms with E-state index in [0.717, 1.165) is 0 Å². The van der Waals surface area contributed by atoms with Crippen LogP contribution in [0.4, 0.5) is 0 Å². The second-order valence-electron chi connectivity index (χ2n) is 3.80. The number of nitrogens with one attached hydrogen (secondary N) is 1. The van der Waals surface area contributed by atoms with Crippen molar-refractivity contribution < 1.29 is 24.9 Å². The summed E-state index contributed by atoms with van der Waals surface area (Å²) in [7, 11) is 0. The third kappa shape index (κ3) is 7.67. The molecule has 6 N–H and O–H groups in total. The highest BCUT2D eigenvalue weighted by Gasteiger charge is 2.16. The summed E-state index contributed by atoms with van der Waals surface area (Å²) in [6.45, 7) is 0.110. The normalized spacial score (nSPS) is 14.2. The lowest BCUT2D eigenvalue weighted by molar-refractivity contribution is -0.140. The van der Waals surface area contributed by atoms with Crippen molar-refractivity contribution in [2.45, 2.75) is 37.8 Å². The number of nitrogens with two attached hydrogens (primary N) is 1. The highest BCUT2D eigenvalue weighted by Crippen LogP contribution is 2.06. The molecule has 0 fully saturated rings. The Morgan fingerprint density at radius 2 is 1.71 bits per heavy atom. The molecule has 0 heterocycles. The van der Waals surface area contributed by atoms with Crippen molar-refractivity contribution in [1.29, 1.82) is 0 Å². The van der Waals surface area contributed by atoms with Crippen LogP contribution in [0.2, 0.25) is 0 Å². The maximum atomic E-state index is 10.8. The molecule has 2 unspecified atom stereocenters. The third-order valence-electron chi connectivity index (χ3n) is 2.38. The van der Waals surface area contributed by atoms with E-state index in [1.165, 1.54) is 0 Å². The van der Waals surface area contributed by atoms with Crippen LogP contribution in [0, 0.1) is 0 Å². The molecule has 0 saturated heterocycles. The predicted molar refractivity (Wildman–Crippen MR) is 60.6 cm³/mol. The molecule has 100 valence electrons. The number of hydrogen-bond donors (Lipinski definition) is 5. The van der Waals surface area contributed by atoms with Gasteiger partial charge in [-0.1, -0.05) is 12.8 Å². The Kier molecular flexibility index (Phi) is 8.29. The molecule has 7 heteroatoms. The first-order chi connectivity index (χ1) is 7.99. The molecule has 0 aromatic rings. The zero-order valence-electron chi connectivity index (χ0n) is 9.63. The van der Waals surface area contributed by atoms with Crippen molar-refractivity contribution in [3.63, 3.8) is 0 Å². The average molecular weight is 248 g/mol. The minimum absolute atomic E-state index is 0.117. The molecule has 0 aromatic heterocycles. The quantitative estimate of drug-likeness (QED) is 0.313. The van der Waals surface area contributed by atoms with Crippen LogP contribution in [-0.2, 0) is 9.59 Å². The summed E-state index contributed by atoms with van der Waals surface area (Å²) < 4.78 is 0. The zero-order chi connectivity index (χ0) is 13.3. The van der Waals surface area contributed by atoms with Crippen LogP contribution < -0.4 is 11.1 Å². The van der Waals surface area contributed by atoms with Crippen LogP contribution >= 0.6 is 0 Å². The highest BCUT2D eigenvalue weighted by molar-refractivity contribution is 5.73. The summed E-state index contributed by atoms with van der Waals surface area (Å²) in [6, 6.07) is -1.59. The molecule has 0 aliphatic rings. The molecule has 0 amide bonds. The first-order valence-corrected chi connectivity index (χ1v) is 5.54. The average Bonchev–Trinajstić information content (AvgIpc) is 2.27. The Labute approximate surface area is 99.6 Å². The van der Waals surface area contributed by atoms with E-state index >= 15 is 0 Å². The van der Waals surface area contributed by atoms with Gasteiger partial charge in [0.15, 0.2) is 0 Å². The Bertz CT molecular complexity index is 247. The second kappa shape index (κ2) is 8.91. The van der Waals surface area contributed by atoms with Gasteiger partial charge >= 0.3 is 11.9 Å². The van der Waals surface area contributed by atoms with Gasteiger partial charge in [0.05, 0.1) is 6.61 Å². The number of carboxylic acid groups (broad SMARTS) is 2. The van der Waals surface area contributed by atoms with Crippen molar-refractivity contribution in [3.8, 4) is 0 Å². The summed E-state index contributed by atoms with van der Waals surface area (Å²) in [4.78, 5) is 21.2. The summed E-state index contributed by atoms with van der Waals surface area (Å²) >= 11 is 0. The van der Waals surface area contributed by atoms with Gasteiger partial charge in [0.1, 0.15) is 12.1 Å². The molecule has 0 saturated carbocycles. The number of unbranched alkanes of at least 4 members (excludes halogenated alkanes) is 1. The van der Waals surface area contributed by atoms with Crippen LogP contribution in [0.15, 0.2) is 0 Å². The van der Waals surface area contributed by atoms with Crippen LogP contribution in [0.5, 0.6) is 0 Å². The summed E-state index contributed by atoms with van der Waals surface area (Å²) in [5.74, 6) is -2.01. The standard InChI is InChI=1S/C10H20N2O5/c11-7(9(14)15)3-1-2-4-8(10(16)17)12-5-6-13/h7-8,12-13H,1-6,11H2,(H,14,15)(H,16,17). The number of aliphatic carboxylic acids is 2. The summed E-state index contributed by atoms with van der Waals surface area (Å²) in [5.41, 5.74) is 5.31. The number of carbonyl (C=O) groups is 2. The fourth-order valence-electron chi connectivity index (χ4n) is 1.39. The summed E-state index contributed by atoms with van der Waals surface area (Å²) in [5, 5.41) is 28.6. The minimum atomic E-state index is -1.04. The molecule has 2 atom stereocenters. The van der Waals surface area contributed by atoms with E-state index in [1.54, 1.807) is 0 Å². The van der Waals surface area contributed by atoms with Gasteiger partial charge in [0, 0.05) is 6.54 Å². The van der Waals surface area contributed by atoms with Crippen molar-refractivity contribution >= 4 is 11.9 Å². The lowest BCUT2D eigenvalue weighted by Gasteiger charge is -2.13. The van der Waals surface area contributed by atoms with Crippen molar-refractivity contribution in [1.82, 2.24) is 5.32 Å². The SMILES string of the molecule is NC(CCCCC(NCCO)C(=O)O)C(=O)O. The van der Waals surface area contributed by atoms with Gasteiger partial charge in [0.25, 0.3) is 0 Å². The predicted octanol–water partition coefficient (Wildman–Crippen LogP) is -1.01. The fraction of sp³-hybridized carbons (Fsp3) is 0.800. The molecule has 0 radical (unpaired) electrons. The van der Waals surface area contributed by atoms with Gasteiger partial charge in [-0.15, -0.1) is 0 Å². The third-order valence-corrected chi connectivity index (χ3v) is 2.38. The monoisotopic (exact) mass is 248 g/mol. The zero-order valence-corrected chi connectivity index (χ0v) is 9.63. The number of aliphatic hydroxyl groups is 1. The van der Waals surface area contributed by atoms with E-state index in [2.05, 4.69) is 5.32 Å². The Hall–Kier alpha value is -1.18. The first-order valence-electron chi connectivity index (χ1n) is 5.54. The lowest BCUT2D eigenvalue weighted by atomic mass is 10.1. The molecular formula is C10H20N2O5. The van der Waals surface area contributed by atoms with Gasteiger partial charge < -0.3 is 26.4 Å². The van der Waals surface area contributed by atoms with Crippen LogP contribution in [0.25, 0.3) is 0 Å². The van der Waals surface area contributed by atoms with Gasteiger partial charge in [-0.05, 0) is 12.8 Å². The maximum Gasteiger partial charge on any atom is 0.320 e. The summed E-state index contributed by atoms with van der Waals surface area (Å²) in [6.07, 6.45) is 1.87. The molecule has 0 aliphatic heterocycles. The number of hydrogen-bond acceptors (Lipinski definition) is 5. The molecule has 7 nitrogen and oxygen atoms in total. The molecule has 17 heavy (non-hydrogen) atoms. The van der Waals surface area contributed by atoms with E-state index in [9.17, 15) is 9.59 Å². The second-order valence-corrected chi connectivity index (χ2v) is 3.80. The molecule has 0 spiro atoms. The number of aliphatic hydroxyl groups excluding tert-OH is 1. The van der Waals surface area contributed by atoms with Crippen molar-refractivity contribution in [2.75, 3.05) is 13.2 Å². The molecule has 0 bridgehead atoms.